The molecule has 1 aromatic carbocycles. The van der Waals surface area contributed by atoms with Crippen molar-refractivity contribution in [2.75, 3.05) is 48.3 Å². The normalized spacial score (nSPS) is 14.0. The number of hydrogen-bond acceptors (Lipinski definition) is 6. The van der Waals surface area contributed by atoms with Crippen LogP contribution in [0.5, 0.6) is 0 Å². The molecule has 2 heterocycles. The molecule has 0 radical (unpaired) electrons. The Morgan fingerprint density at radius 2 is 1.73 bits per heavy atom. The number of rotatable bonds is 5. The van der Waals surface area contributed by atoms with E-state index in [1.807, 2.05) is 17.0 Å². The summed E-state index contributed by atoms with van der Waals surface area (Å²) in [5, 5.41) is 5.84. The van der Waals surface area contributed by atoms with Crippen LogP contribution in [0.1, 0.15) is 6.92 Å². The van der Waals surface area contributed by atoms with Gasteiger partial charge in [0.05, 0.1) is 6.54 Å². The van der Waals surface area contributed by atoms with Gasteiger partial charge in [-0.05, 0) is 24.3 Å². The van der Waals surface area contributed by atoms with Gasteiger partial charge in [-0.3, -0.25) is 9.59 Å². The second-order valence-corrected chi connectivity index (χ2v) is 6.03. The highest BCUT2D eigenvalue weighted by atomic mass is 16.2. The zero-order valence-electron chi connectivity index (χ0n) is 14.7. The Hall–Kier alpha value is -3.16. The topological polar surface area (TPSA) is 90.5 Å². The van der Waals surface area contributed by atoms with E-state index >= 15 is 0 Å². The number of nitrogens with one attached hydrogen (secondary N) is 2. The van der Waals surface area contributed by atoms with Gasteiger partial charge in [-0.25, -0.2) is 9.97 Å². The van der Waals surface area contributed by atoms with Gasteiger partial charge in [-0.2, -0.15) is 0 Å². The van der Waals surface area contributed by atoms with Gasteiger partial charge < -0.3 is 20.4 Å². The van der Waals surface area contributed by atoms with E-state index in [1.165, 1.54) is 6.92 Å². The SMILES string of the molecule is CC(=O)Nc1cccc(NCC(=O)N2CCN(c3ncccn3)CC2)c1. The van der Waals surface area contributed by atoms with E-state index in [-0.39, 0.29) is 18.4 Å². The summed E-state index contributed by atoms with van der Waals surface area (Å²) in [6.07, 6.45) is 3.44. The second-order valence-electron chi connectivity index (χ2n) is 6.03. The van der Waals surface area contributed by atoms with Crippen LogP contribution in [0.15, 0.2) is 42.7 Å². The van der Waals surface area contributed by atoms with E-state index in [4.69, 9.17) is 0 Å². The van der Waals surface area contributed by atoms with Gasteiger partial charge in [-0.1, -0.05) is 6.07 Å². The summed E-state index contributed by atoms with van der Waals surface area (Å²) in [7, 11) is 0. The van der Waals surface area contributed by atoms with Crippen LogP contribution in [0.4, 0.5) is 17.3 Å². The van der Waals surface area contributed by atoms with E-state index in [0.717, 1.165) is 5.69 Å². The predicted molar refractivity (Wildman–Crippen MR) is 100 cm³/mol. The smallest absolute Gasteiger partial charge is 0.241 e. The molecule has 2 amide bonds. The fourth-order valence-corrected chi connectivity index (χ4v) is 2.81. The average Bonchev–Trinajstić information content (AvgIpc) is 2.67. The molecule has 1 aliphatic heterocycles. The van der Waals surface area contributed by atoms with Crippen LogP contribution in [0.3, 0.4) is 0 Å². The Morgan fingerprint density at radius 1 is 1.04 bits per heavy atom. The largest absolute Gasteiger partial charge is 0.376 e. The molecule has 136 valence electrons. The molecule has 0 bridgehead atoms. The quantitative estimate of drug-likeness (QED) is 0.838. The van der Waals surface area contributed by atoms with Crippen molar-refractivity contribution in [1.29, 1.82) is 0 Å². The second kappa shape index (κ2) is 8.28. The van der Waals surface area contributed by atoms with Crippen molar-refractivity contribution in [2.45, 2.75) is 6.92 Å². The third-order valence-corrected chi connectivity index (χ3v) is 4.09. The van der Waals surface area contributed by atoms with Gasteiger partial charge in [-0.15, -0.1) is 0 Å². The van der Waals surface area contributed by atoms with Crippen molar-refractivity contribution in [1.82, 2.24) is 14.9 Å². The van der Waals surface area contributed by atoms with Gasteiger partial charge in [0.15, 0.2) is 0 Å². The number of anilines is 3. The first-order chi connectivity index (χ1) is 12.6. The lowest BCUT2D eigenvalue weighted by atomic mass is 10.2. The molecule has 8 heteroatoms. The number of carbonyl (C=O) groups is 2. The predicted octanol–water partition coefficient (Wildman–Crippen LogP) is 1.20. The van der Waals surface area contributed by atoms with Gasteiger partial charge in [0.25, 0.3) is 0 Å². The van der Waals surface area contributed by atoms with Gasteiger partial charge in [0.2, 0.25) is 17.8 Å². The Balaban J connectivity index is 1.48. The van der Waals surface area contributed by atoms with E-state index < -0.39 is 0 Å². The number of amides is 2. The Kier molecular flexibility index (Phi) is 5.62. The number of benzene rings is 1. The molecule has 3 rings (SSSR count). The summed E-state index contributed by atoms with van der Waals surface area (Å²) in [5.41, 5.74) is 1.49. The van der Waals surface area contributed by atoms with Crippen LogP contribution >= 0.6 is 0 Å². The third-order valence-electron chi connectivity index (χ3n) is 4.09. The lowest BCUT2D eigenvalue weighted by Gasteiger charge is -2.34. The molecule has 1 aliphatic rings. The van der Waals surface area contributed by atoms with Crippen LogP contribution in [0.2, 0.25) is 0 Å². The summed E-state index contributed by atoms with van der Waals surface area (Å²) in [5.74, 6) is 0.620. The van der Waals surface area contributed by atoms with E-state index in [0.29, 0.717) is 37.8 Å². The van der Waals surface area contributed by atoms with E-state index in [2.05, 4.69) is 25.5 Å². The highest BCUT2D eigenvalue weighted by Crippen LogP contribution is 2.15. The minimum absolute atomic E-state index is 0.0450. The summed E-state index contributed by atoms with van der Waals surface area (Å²) in [6, 6.07) is 9.09. The van der Waals surface area contributed by atoms with Crippen molar-refractivity contribution >= 4 is 29.1 Å². The van der Waals surface area contributed by atoms with Crippen molar-refractivity contribution < 1.29 is 9.59 Å². The van der Waals surface area contributed by atoms with Crippen molar-refractivity contribution in [3.63, 3.8) is 0 Å². The number of nitrogens with zero attached hydrogens (tertiary/aromatic N) is 4. The summed E-state index contributed by atoms with van der Waals surface area (Å²) in [4.78, 5) is 35.9. The van der Waals surface area contributed by atoms with Crippen LogP contribution in [-0.4, -0.2) is 59.4 Å². The average molecular weight is 354 g/mol. The molecular weight excluding hydrogens is 332 g/mol. The van der Waals surface area contributed by atoms with Crippen molar-refractivity contribution in [3.05, 3.63) is 42.7 Å². The lowest BCUT2D eigenvalue weighted by molar-refractivity contribution is -0.129. The van der Waals surface area contributed by atoms with E-state index in [9.17, 15) is 9.59 Å². The Bertz CT molecular complexity index is 759. The number of carbonyl (C=O) groups excluding carboxylic acids is 2. The van der Waals surface area contributed by atoms with Gasteiger partial charge in [0.1, 0.15) is 0 Å². The number of aromatic nitrogens is 2. The van der Waals surface area contributed by atoms with Gasteiger partial charge >= 0.3 is 0 Å². The minimum Gasteiger partial charge on any atom is -0.376 e. The molecule has 1 saturated heterocycles. The molecule has 2 aromatic rings. The molecule has 0 spiro atoms. The molecule has 0 unspecified atom stereocenters. The Morgan fingerprint density at radius 3 is 2.42 bits per heavy atom. The summed E-state index contributed by atoms with van der Waals surface area (Å²) in [6.45, 7) is 4.39. The van der Waals surface area contributed by atoms with Crippen LogP contribution in [0, 0.1) is 0 Å². The van der Waals surface area contributed by atoms with Crippen LogP contribution in [-0.2, 0) is 9.59 Å². The third kappa shape index (κ3) is 4.69. The molecule has 0 aliphatic carbocycles. The van der Waals surface area contributed by atoms with Gasteiger partial charge in [0, 0.05) is 56.9 Å². The highest BCUT2D eigenvalue weighted by molar-refractivity contribution is 5.89. The zero-order valence-corrected chi connectivity index (χ0v) is 14.7. The summed E-state index contributed by atoms with van der Waals surface area (Å²) >= 11 is 0. The molecule has 26 heavy (non-hydrogen) atoms. The highest BCUT2D eigenvalue weighted by Gasteiger charge is 2.22. The van der Waals surface area contributed by atoms with Crippen molar-refractivity contribution in [3.8, 4) is 0 Å². The maximum atomic E-state index is 12.4. The molecule has 0 atom stereocenters. The maximum Gasteiger partial charge on any atom is 0.241 e. The lowest BCUT2D eigenvalue weighted by Crippen LogP contribution is -2.50. The number of piperazine rings is 1. The van der Waals surface area contributed by atoms with Crippen LogP contribution < -0.4 is 15.5 Å². The minimum atomic E-state index is -0.126. The first kappa shape index (κ1) is 17.7. The molecule has 1 aromatic heterocycles. The number of hydrogen-bond donors (Lipinski definition) is 2. The van der Waals surface area contributed by atoms with E-state index in [1.54, 1.807) is 30.6 Å². The Labute approximate surface area is 152 Å². The first-order valence-electron chi connectivity index (χ1n) is 8.53. The monoisotopic (exact) mass is 354 g/mol. The molecule has 0 saturated carbocycles. The van der Waals surface area contributed by atoms with Crippen LogP contribution in [0.25, 0.3) is 0 Å². The summed E-state index contributed by atoms with van der Waals surface area (Å²) < 4.78 is 0. The fraction of sp³-hybridized carbons (Fsp3) is 0.333. The molecule has 1 fully saturated rings. The fourth-order valence-electron chi connectivity index (χ4n) is 2.81. The standard InChI is InChI=1S/C18H22N6O2/c1-14(25)22-16-5-2-4-15(12-16)21-13-17(26)23-8-10-24(11-9-23)18-19-6-3-7-20-18/h2-7,12,21H,8-11,13H2,1H3,(H,22,25). The molecular formula is C18H22N6O2. The molecule has 8 nitrogen and oxygen atoms in total. The van der Waals surface area contributed by atoms with Crippen molar-refractivity contribution in [2.24, 2.45) is 0 Å². The maximum absolute atomic E-state index is 12.4. The molecule has 2 N–H and O–H groups in total. The first-order valence-corrected chi connectivity index (χ1v) is 8.53. The zero-order chi connectivity index (χ0) is 18.4.